The monoisotopic (exact) mass is 248 g/mol. The first-order chi connectivity index (χ1) is 8.20. The molecule has 0 aliphatic heterocycles. The van der Waals surface area contributed by atoms with E-state index in [4.69, 9.17) is 0 Å². The molecule has 0 amide bonds. The van der Waals surface area contributed by atoms with Gasteiger partial charge in [0.05, 0.1) is 23.4 Å². The maximum Gasteiger partial charge on any atom is 0.203 e. The first kappa shape index (κ1) is 11.9. The van der Waals surface area contributed by atoms with Gasteiger partial charge in [0, 0.05) is 17.6 Å². The number of anilines is 1. The van der Waals surface area contributed by atoms with Crippen molar-refractivity contribution in [1.82, 2.24) is 14.5 Å². The number of allylic oxidation sites excluding steroid dienone is 1. The fraction of sp³-hybridized carbons (Fsp3) is 0.333. The van der Waals surface area contributed by atoms with Crippen LogP contribution in [0.4, 0.5) is 5.95 Å². The molecule has 17 heavy (non-hydrogen) atoms. The molecule has 4 nitrogen and oxygen atoms in total. The second-order valence-electron chi connectivity index (χ2n) is 3.86. The molecule has 0 fully saturated rings. The molecule has 0 atom stereocenters. The molecule has 1 N–H and O–H groups in total. The Morgan fingerprint density at radius 3 is 3.00 bits per heavy atom. The van der Waals surface area contributed by atoms with E-state index < -0.39 is 0 Å². The van der Waals surface area contributed by atoms with Crippen LogP contribution in [-0.4, -0.2) is 14.5 Å². The number of imidazole rings is 1. The molecule has 2 aromatic rings. The van der Waals surface area contributed by atoms with Crippen molar-refractivity contribution in [2.75, 3.05) is 5.32 Å². The van der Waals surface area contributed by atoms with Gasteiger partial charge in [0.25, 0.3) is 0 Å². The van der Waals surface area contributed by atoms with Crippen LogP contribution in [0.2, 0.25) is 0 Å². The lowest BCUT2D eigenvalue weighted by atomic mass is 10.4. The van der Waals surface area contributed by atoms with Crippen molar-refractivity contribution >= 4 is 17.3 Å². The predicted octanol–water partition coefficient (Wildman–Crippen LogP) is 2.75. The minimum Gasteiger partial charge on any atom is -0.351 e. The zero-order valence-electron chi connectivity index (χ0n) is 10.1. The number of thiazole rings is 1. The van der Waals surface area contributed by atoms with Crippen LogP contribution in [0.1, 0.15) is 16.3 Å². The first-order valence-electron chi connectivity index (χ1n) is 5.48. The molecule has 2 heterocycles. The Morgan fingerprint density at radius 2 is 2.35 bits per heavy atom. The Balaban J connectivity index is 2.08. The number of aryl methyl sites for hydroxylation is 2. The molecule has 0 aliphatic rings. The van der Waals surface area contributed by atoms with Crippen molar-refractivity contribution in [3.63, 3.8) is 0 Å². The third-order valence-electron chi connectivity index (χ3n) is 2.47. The van der Waals surface area contributed by atoms with Crippen molar-refractivity contribution in [3.8, 4) is 0 Å². The molecule has 0 aromatic carbocycles. The van der Waals surface area contributed by atoms with E-state index in [1.165, 1.54) is 4.88 Å². The van der Waals surface area contributed by atoms with Crippen molar-refractivity contribution in [2.24, 2.45) is 0 Å². The smallest absolute Gasteiger partial charge is 0.203 e. The van der Waals surface area contributed by atoms with Gasteiger partial charge in [-0.15, -0.1) is 17.9 Å². The van der Waals surface area contributed by atoms with Gasteiger partial charge in [-0.1, -0.05) is 6.08 Å². The van der Waals surface area contributed by atoms with Crippen LogP contribution in [0.15, 0.2) is 24.4 Å². The summed E-state index contributed by atoms with van der Waals surface area (Å²) in [5, 5.41) is 3.34. The molecule has 0 unspecified atom stereocenters. The minimum absolute atomic E-state index is 0.768. The minimum atomic E-state index is 0.768. The van der Waals surface area contributed by atoms with Gasteiger partial charge in [-0.05, 0) is 13.8 Å². The van der Waals surface area contributed by atoms with Gasteiger partial charge in [-0.25, -0.2) is 9.97 Å². The van der Waals surface area contributed by atoms with Crippen LogP contribution < -0.4 is 5.32 Å². The van der Waals surface area contributed by atoms with Crippen molar-refractivity contribution in [1.29, 1.82) is 0 Å². The normalized spacial score (nSPS) is 10.5. The molecule has 90 valence electrons. The molecule has 5 heteroatoms. The summed E-state index contributed by atoms with van der Waals surface area (Å²) in [4.78, 5) is 9.92. The summed E-state index contributed by atoms with van der Waals surface area (Å²) in [5.74, 6) is 0.884. The molecule has 0 spiro atoms. The lowest BCUT2D eigenvalue weighted by molar-refractivity contribution is 0.820. The van der Waals surface area contributed by atoms with Crippen molar-refractivity contribution in [2.45, 2.75) is 26.9 Å². The number of hydrogen-bond acceptors (Lipinski definition) is 4. The Hall–Kier alpha value is -1.62. The summed E-state index contributed by atoms with van der Waals surface area (Å²) in [5.41, 5.74) is 3.96. The van der Waals surface area contributed by atoms with E-state index in [1.807, 2.05) is 31.6 Å². The predicted molar refractivity (Wildman–Crippen MR) is 71.3 cm³/mol. The van der Waals surface area contributed by atoms with Gasteiger partial charge >= 0.3 is 0 Å². The summed E-state index contributed by atoms with van der Waals surface area (Å²) in [6.07, 6.45) is 3.88. The van der Waals surface area contributed by atoms with Gasteiger partial charge in [-0.2, -0.15) is 0 Å². The van der Waals surface area contributed by atoms with Gasteiger partial charge in [0.15, 0.2) is 0 Å². The van der Waals surface area contributed by atoms with Gasteiger partial charge in [0.2, 0.25) is 5.95 Å². The van der Waals surface area contributed by atoms with Crippen LogP contribution in [-0.2, 0) is 13.1 Å². The van der Waals surface area contributed by atoms with E-state index in [0.717, 1.165) is 30.4 Å². The maximum absolute atomic E-state index is 4.45. The quantitative estimate of drug-likeness (QED) is 0.827. The summed E-state index contributed by atoms with van der Waals surface area (Å²) >= 11 is 1.66. The highest BCUT2D eigenvalue weighted by molar-refractivity contribution is 7.09. The van der Waals surface area contributed by atoms with Crippen LogP contribution in [0.3, 0.4) is 0 Å². The molecule has 0 radical (unpaired) electrons. The Bertz CT molecular complexity index is 512. The highest BCUT2D eigenvalue weighted by Gasteiger charge is 2.06. The fourth-order valence-corrected chi connectivity index (χ4v) is 2.34. The topological polar surface area (TPSA) is 42.7 Å². The van der Waals surface area contributed by atoms with Gasteiger partial charge in [-0.3, -0.25) is 0 Å². The van der Waals surface area contributed by atoms with Crippen molar-refractivity contribution < 1.29 is 0 Å². The van der Waals surface area contributed by atoms with Crippen LogP contribution in [0, 0.1) is 13.8 Å². The first-order valence-corrected chi connectivity index (χ1v) is 6.36. The van der Waals surface area contributed by atoms with E-state index in [2.05, 4.69) is 26.4 Å². The van der Waals surface area contributed by atoms with E-state index in [-0.39, 0.29) is 0 Å². The van der Waals surface area contributed by atoms with Gasteiger partial charge < -0.3 is 9.88 Å². The number of aromatic nitrogens is 3. The molecular formula is C12H16N4S. The Kier molecular flexibility index (Phi) is 3.58. The lowest BCUT2D eigenvalue weighted by Gasteiger charge is -2.06. The average Bonchev–Trinajstić information content (AvgIpc) is 2.83. The molecule has 0 saturated carbocycles. The Labute approximate surface area is 105 Å². The van der Waals surface area contributed by atoms with E-state index in [9.17, 15) is 0 Å². The zero-order valence-corrected chi connectivity index (χ0v) is 10.9. The average molecular weight is 248 g/mol. The van der Waals surface area contributed by atoms with E-state index >= 15 is 0 Å². The summed E-state index contributed by atoms with van der Waals surface area (Å²) in [7, 11) is 0. The fourth-order valence-electron chi connectivity index (χ4n) is 1.62. The highest BCUT2D eigenvalue weighted by atomic mass is 32.1. The maximum atomic E-state index is 4.45. The standard InChI is InChI=1S/C12H16N4S/c1-4-5-16-7-9(2)15-12(16)13-6-11-10(3)14-8-17-11/h4,7-8H,1,5-6H2,2-3H3,(H,13,15). The van der Waals surface area contributed by atoms with Gasteiger partial charge in [0.1, 0.15) is 0 Å². The Morgan fingerprint density at radius 1 is 1.53 bits per heavy atom. The highest BCUT2D eigenvalue weighted by Crippen LogP contribution is 2.15. The van der Waals surface area contributed by atoms with E-state index in [1.54, 1.807) is 11.3 Å². The summed E-state index contributed by atoms with van der Waals surface area (Å²) in [6.45, 7) is 9.29. The van der Waals surface area contributed by atoms with Crippen LogP contribution in [0.25, 0.3) is 0 Å². The third-order valence-corrected chi connectivity index (χ3v) is 3.41. The molecule has 0 aliphatic carbocycles. The molecule has 2 aromatic heterocycles. The van der Waals surface area contributed by atoms with Crippen molar-refractivity contribution in [3.05, 3.63) is 40.6 Å². The van der Waals surface area contributed by atoms with E-state index in [0.29, 0.717) is 0 Å². The molecule has 0 saturated heterocycles. The molecule has 0 bridgehead atoms. The molecular weight excluding hydrogens is 232 g/mol. The summed E-state index contributed by atoms with van der Waals surface area (Å²) in [6, 6.07) is 0. The lowest BCUT2D eigenvalue weighted by Crippen LogP contribution is -2.06. The van der Waals surface area contributed by atoms with Crippen LogP contribution in [0.5, 0.6) is 0 Å². The SMILES string of the molecule is C=CCn1cc(C)nc1NCc1scnc1C. The number of hydrogen-bond donors (Lipinski definition) is 1. The number of rotatable bonds is 5. The number of nitrogens with one attached hydrogen (secondary N) is 1. The summed E-state index contributed by atoms with van der Waals surface area (Å²) < 4.78 is 2.05. The largest absolute Gasteiger partial charge is 0.351 e. The molecule has 2 rings (SSSR count). The number of nitrogens with zero attached hydrogens (tertiary/aromatic N) is 3. The zero-order chi connectivity index (χ0) is 12.3. The third kappa shape index (κ3) is 2.74. The second-order valence-corrected chi connectivity index (χ2v) is 4.80. The second kappa shape index (κ2) is 5.14. The van der Waals surface area contributed by atoms with Crippen LogP contribution >= 0.6 is 11.3 Å².